The molecule has 0 aromatic carbocycles. The summed E-state index contributed by atoms with van der Waals surface area (Å²) in [6.07, 6.45) is -0.854. The van der Waals surface area contributed by atoms with Crippen LogP contribution in [0.1, 0.15) is 5.56 Å². The molecule has 0 amide bonds. The highest BCUT2D eigenvalue weighted by Gasteiger charge is 2.31. The van der Waals surface area contributed by atoms with Crippen LogP contribution in [0, 0.1) is 0 Å². The van der Waals surface area contributed by atoms with E-state index in [4.69, 9.17) is 0 Å². The van der Waals surface area contributed by atoms with Gasteiger partial charge in [0.2, 0.25) is 0 Å². The molecule has 3 rings (SSSR count). The van der Waals surface area contributed by atoms with Crippen LogP contribution in [0.25, 0.3) is 17.2 Å². The molecule has 102 valence electrons. The zero-order valence-corrected chi connectivity index (χ0v) is 11.2. The minimum absolute atomic E-state index is 0.218. The maximum Gasteiger partial charge on any atom is 0.417 e. The first-order valence-electron chi connectivity index (χ1n) is 5.34. The topological polar surface area (TPSA) is 56.0 Å². The van der Waals surface area contributed by atoms with Gasteiger partial charge in [-0.2, -0.15) is 27.8 Å². The van der Waals surface area contributed by atoms with Gasteiger partial charge in [0.1, 0.15) is 12.0 Å². The summed E-state index contributed by atoms with van der Waals surface area (Å²) in [5.41, 5.74) is 0.000940. The molecule has 0 spiro atoms. The van der Waals surface area contributed by atoms with Crippen molar-refractivity contribution in [3.8, 4) is 11.4 Å². The Labute approximate surface area is 118 Å². The number of fused-ring (bicyclic) bond motifs is 1. The van der Waals surface area contributed by atoms with Crippen molar-refractivity contribution in [3.63, 3.8) is 0 Å². The van der Waals surface area contributed by atoms with Crippen LogP contribution in [0.3, 0.4) is 0 Å². The summed E-state index contributed by atoms with van der Waals surface area (Å²) in [5.74, 6) is 0.344. The molecule has 5 nitrogen and oxygen atoms in total. The fourth-order valence-corrected chi connectivity index (χ4v) is 2.25. The average molecular weight is 344 g/mol. The standard InChI is InChI=1S/C11H5BrF3N5/c12-7-3-6(11(13,14)15)4-17-9(7)8-1-2-16-10-18-5-19-20(8)10/h1-5H. The van der Waals surface area contributed by atoms with Crippen molar-refractivity contribution < 1.29 is 13.2 Å². The van der Waals surface area contributed by atoms with Gasteiger partial charge in [-0.1, -0.05) is 0 Å². The van der Waals surface area contributed by atoms with Crippen LogP contribution in [-0.4, -0.2) is 24.6 Å². The zero-order valence-electron chi connectivity index (χ0n) is 9.63. The van der Waals surface area contributed by atoms with Crippen molar-refractivity contribution in [1.82, 2.24) is 24.6 Å². The lowest BCUT2D eigenvalue weighted by Gasteiger charge is -2.09. The minimum Gasteiger partial charge on any atom is -0.253 e. The summed E-state index contributed by atoms with van der Waals surface area (Å²) < 4.78 is 39.4. The van der Waals surface area contributed by atoms with Crippen molar-refractivity contribution in [2.45, 2.75) is 6.18 Å². The number of hydrogen-bond donors (Lipinski definition) is 0. The molecule has 0 unspecified atom stereocenters. The van der Waals surface area contributed by atoms with Gasteiger partial charge < -0.3 is 0 Å². The Morgan fingerprint density at radius 3 is 2.65 bits per heavy atom. The molecule has 3 aromatic rings. The third-order valence-corrected chi connectivity index (χ3v) is 3.20. The third-order valence-electron chi connectivity index (χ3n) is 2.59. The lowest BCUT2D eigenvalue weighted by atomic mass is 10.2. The Hall–Kier alpha value is -2.03. The van der Waals surface area contributed by atoms with E-state index in [-0.39, 0.29) is 4.47 Å². The molecule has 20 heavy (non-hydrogen) atoms. The molecule has 0 saturated carbocycles. The lowest BCUT2D eigenvalue weighted by molar-refractivity contribution is -0.137. The summed E-state index contributed by atoms with van der Waals surface area (Å²) in [6, 6.07) is 2.58. The number of nitrogens with zero attached hydrogens (tertiary/aromatic N) is 5. The second-order valence-electron chi connectivity index (χ2n) is 3.85. The van der Waals surface area contributed by atoms with E-state index in [0.29, 0.717) is 17.2 Å². The predicted octanol–water partition coefficient (Wildman–Crippen LogP) is 2.97. The largest absolute Gasteiger partial charge is 0.417 e. The lowest BCUT2D eigenvalue weighted by Crippen LogP contribution is -2.06. The number of pyridine rings is 1. The highest BCUT2D eigenvalue weighted by molar-refractivity contribution is 9.10. The molecule has 0 radical (unpaired) electrons. The Morgan fingerprint density at radius 2 is 1.95 bits per heavy atom. The van der Waals surface area contributed by atoms with Gasteiger partial charge in [0, 0.05) is 16.9 Å². The predicted molar refractivity (Wildman–Crippen MR) is 66.7 cm³/mol. The van der Waals surface area contributed by atoms with Gasteiger partial charge in [0.25, 0.3) is 5.78 Å². The average Bonchev–Trinajstić information content (AvgIpc) is 2.85. The molecule has 0 bridgehead atoms. The van der Waals surface area contributed by atoms with Crippen LogP contribution < -0.4 is 0 Å². The molecule has 0 fully saturated rings. The molecular formula is C11H5BrF3N5. The molecule has 0 aliphatic rings. The molecule has 0 aliphatic heterocycles. The Bertz CT molecular complexity index is 783. The van der Waals surface area contributed by atoms with Crippen LogP contribution in [0.15, 0.2) is 35.3 Å². The van der Waals surface area contributed by atoms with Gasteiger partial charge >= 0.3 is 6.18 Å². The van der Waals surface area contributed by atoms with Crippen LogP contribution in [0.2, 0.25) is 0 Å². The number of rotatable bonds is 1. The first-order chi connectivity index (χ1) is 9.47. The molecule has 3 aromatic heterocycles. The van der Waals surface area contributed by atoms with Gasteiger partial charge in [-0.3, -0.25) is 4.98 Å². The summed E-state index contributed by atoms with van der Waals surface area (Å²) in [6.45, 7) is 0. The second kappa shape index (κ2) is 4.51. The monoisotopic (exact) mass is 343 g/mol. The van der Waals surface area contributed by atoms with Crippen molar-refractivity contribution in [2.24, 2.45) is 0 Å². The Morgan fingerprint density at radius 1 is 1.15 bits per heavy atom. The number of hydrogen-bond acceptors (Lipinski definition) is 4. The van der Waals surface area contributed by atoms with Gasteiger partial charge in [-0.25, -0.2) is 4.98 Å². The Balaban J connectivity index is 2.18. The van der Waals surface area contributed by atoms with E-state index in [9.17, 15) is 13.2 Å². The maximum absolute atomic E-state index is 12.6. The van der Waals surface area contributed by atoms with E-state index in [1.807, 2.05) is 0 Å². The highest BCUT2D eigenvalue weighted by atomic mass is 79.9. The summed E-state index contributed by atoms with van der Waals surface area (Å²) in [7, 11) is 0. The van der Waals surface area contributed by atoms with Gasteiger partial charge in [0.05, 0.1) is 11.3 Å². The fraction of sp³-hybridized carbons (Fsp3) is 0.0909. The van der Waals surface area contributed by atoms with Crippen LogP contribution in [-0.2, 0) is 6.18 Å². The molecule has 0 N–H and O–H groups in total. The number of alkyl halides is 3. The van der Waals surface area contributed by atoms with Crippen LogP contribution >= 0.6 is 15.9 Å². The SMILES string of the molecule is FC(F)(F)c1cnc(-c2ccnc3ncnn23)c(Br)c1. The van der Waals surface area contributed by atoms with E-state index in [1.54, 1.807) is 6.07 Å². The molecule has 0 aliphatic carbocycles. The highest BCUT2D eigenvalue weighted by Crippen LogP contribution is 2.33. The summed E-state index contributed by atoms with van der Waals surface area (Å²) >= 11 is 3.11. The Kier molecular flexibility index (Phi) is 2.93. The van der Waals surface area contributed by atoms with Gasteiger partial charge in [0.15, 0.2) is 0 Å². The molecule has 9 heteroatoms. The van der Waals surface area contributed by atoms with Crippen molar-refractivity contribution in [2.75, 3.05) is 0 Å². The summed E-state index contributed by atoms with van der Waals surface area (Å²) in [5, 5.41) is 3.97. The van der Waals surface area contributed by atoms with E-state index in [2.05, 4.69) is 36.0 Å². The first kappa shape index (κ1) is 13.0. The maximum atomic E-state index is 12.6. The van der Waals surface area contributed by atoms with E-state index in [0.717, 1.165) is 12.3 Å². The number of halogens is 4. The molecule has 3 heterocycles. The quantitative estimate of drug-likeness (QED) is 0.681. The molecule has 0 saturated heterocycles. The fourth-order valence-electron chi connectivity index (χ4n) is 1.70. The van der Waals surface area contributed by atoms with Crippen molar-refractivity contribution in [1.29, 1.82) is 0 Å². The number of aromatic nitrogens is 5. The zero-order chi connectivity index (χ0) is 14.3. The van der Waals surface area contributed by atoms with Crippen LogP contribution in [0.5, 0.6) is 0 Å². The minimum atomic E-state index is -4.44. The van der Waals surface area contributed by atoms with Gasteiger partial charge in [-0.05, 0) is 28.1 Å². The third kappa shape index (κ3) is 2.13. The van der Waals surface area contributed by atoms with Crippen molar-refractivity contribution >= 4 is 21.7 Å². The van der Waals surface area contributed by atoms with E-state index >= 15 is 0 Å². The molecule has 0 atom stereocenters. The van der Waals surface area contributed by atoms with E-state index < -0.39 is 11.7 Å². The van der Waals surface area contributed by atoms with Crippen molar-refractivity contribution in [3.05, 3.63) is 40.9 Å². The molecular weight excluding hydrogens is 339 g/mol. The van der Waals surface area contributed by atoms with Gasteiger partial charge in [-0.15, -0.1) is 0 Å². The van der Waals surface area contributed by atoms with Crippen LogP contribution in [0.4, 0.5) is 13.2 Å². The normalized spacial score (nSPS) is 12.0. The first-order valence-corrected chi connectivity index (χ1v) is 6.14. The summed E-state index contributed by atoms with van der Waals surface area (Å²) in [4.78, 5) is 11.8. The second-order valence-corrected chi connectivity index (χ2v) is 4.71. The smallest absolute Gasteiger partial charge is 0.253 e. The van der Waals surface area contributed by atoms with E-state index in [1.165, 1.54) is 17.0 Å².